The summed E-state index contributed by atoms with van der Waals surface area (Å²) in [5.74, 6) is -1.51. The molecular formula is C22H24F4N4O2. The van der Waals surface area contributed by atoms with E-state index >= 15 is 0 Å². The van der Waals surface area contributed by atoms with Crippen molar-refractivity contribution in [2.45, 2.75) is 51.2 Å². The standard InChI is InChI=1S/C22H24F4N4O2/c1-13(31)30-10-7-16-19(12-30)27-28-20(16)21(32)29-8-2-3-14(6-9-29)17-11-15(23)4-5-18(17)22(24,25)26/h4-5,11,14H,2-3,6-10,12H2,1H3,(H,27,28). The smallest absolute Gasteiger partial charge is 0.337 e. The van der Waals surface area contributed by atoms with E-state index in [1.807, 2.05) is 0 Å². The highest BCUT2D eigenvalue weighted by Gasteiger charge is 2.36. The van der Waals surface area contributed by atoms with Gasteiger partial charge in [-0.15, -0.1) is 0 Å². The number of carbonyl (C=O) groups excluding carboxylic acids is 2. The Morgan fingerprint density at radius 1 is 1.12 bits per heavy atom. The molecule has 2 amide bonds. The van der Waals surface area contributed by atoms with Crippen molar-refractivity contribution in [3.8, 4) is 0 Å². The molecule has 1 fully saturated rings. The third-order valence-electron chi connectivity index (χ3n) is 6.36. The molecule has 2 aliphatic rings. The SMILES string of the molecule is CC(=O)N1CCc2c(C(=O)N3CCCC(c4cc(F)ccc4C(F)(F)F)CC3)n[nH]c2C1. The Bertz CT molecular complexity index is 1030. The zero-order valence-electron chi connectivity index (χ0n) is 17.6. The zero-order valence-corrected chi connectivity index (χ0v) is 17.6. The first-order valence-corrected chi connectivity index (χ1v) is 10.6. The van der Waals surface area contributed by atoms with E-state index in [9.17, 15) is 27.2 Å². The van der Waals surface area contributed by atoms with Crippen LogP contribution in [0.5, 0.6) is 0 Å². The molecule has 1 unspecified atom stereocenters. The number of alkyl halides is 3. The molecule has 1 aromatic carbocycles. The molecule has 4 rings (SSSR count). The molecule has 1 atom stereocenters. The van der Waals surface area contributed by atoms with E-state index in [2.05, 4.69) is 10.2 Å². The molecule has 2 aliphatic heterocycles. The Balaban J connectivity index is 1.50. The predicted octanol–water partition coefficient (Wildman–Crippen LogP) is 3.88. The van der Waals surface area contributed by atoms with E-state index in [0.29, 0.717) is 51.0 Å². The number of nitrogens with zero attached hydrogens (tertiary/aromatic N) is 3. The van der Waals surface area contributed by atoms with Gasteiger partial charge >= 0.3 is 6.18 Å². The molecular weight excluding hydrogens is 428 g/mol. The van der Waals surface area contributed by atoms with Crippen LogP contribution in [0.25, 0.3) is 0 Å². The quantitative estimate of drug-likeness (QED) is 0.704. The van der Waals surface area contributed by atoms with Crippen LogP contribution < -0.4 is 0 Å². The Labute approximate surface area is 182 Å². The number of fused-ring (bicyclic) bond motifs is 1. The number of hydrogen-bond acceptors (Lipinski definition) is 3. The van der Waals surface area contributed by atoms with Gasteiger partial charge in [0.05, 0.1) is 17.8 Å². The first kappa shape index (κ1) is 22.3. The van der Waals surface area contributed by atoms with Gasteiger partial charge in [-0.2, -0.15) is 18.3 Å². The minimum absolute atomic E-state index is 0.0479. The Morgan fingerprint density at radius 3 is 2.62 bits per heavy atom. The third-order valence-corrected chi connectivity index (χ3v) is 6.36. The van der Waals surface area contributed by atoms with Gasteiger partial charge < -0.3 is 9.80 Å². The number of amides is 2. The van der Waals surface area contributed by atoms with Crippen molar-refractivity contribution in [1.82, 2.24) is 20.0 Å². The number of hydrogen-bond donors (Lipinski definition) is 1. The van der Waals surface area contributed by atoms with Gasteiger partial charge in [0.1, 0.15) is 5.82 Å². The lowest BCUT2D eigenvalue weighted by Crippen LogP contribution is -2.36. The number of halogens is 4. The van der Waals surface area contributed by atoms with Gasteiger partial charge in [0, 0.05) is 32.1 Å². The number of likely N-dealkylation sites (tertiary alicyclic amines) is 1. The van der Waals surface area contributed by atoms with Gasteiger partial charge in [-0.05, 0) is 55.4 Å². The summed E-state index contributed by atoms with van der Waals surface area (Å²) in [5.41, 5.74) is 0.964. The summed E-state index contributed by atoms with van der Waals surface area (Å²) >= 11 is 0. The fourth-order valence-electron chi connectivity index (χ4n) is 4.65. The van der Waals surface area contributed by atoms with Crippen LogP contribution in [0.15, 0.2) is 18.2 Å². The van der Waals surface area contributed by atoms with Gasteiger partial charge in [-0.1, -0.05) is 0 Å². The van der Waals surface area contributed by atoms with E-state index < -0.39 is 23.5 Å². The lowest BCUT2D eigenvalue weighted by Gasteiger charge is -2.26. The summed E-state index contributed by atoms with van der Waals surface area (Å²) in [5, 5.41) is 7.03. The van der Waals surface area contributed by atoms with Crippen molar-refractivity contribution >= 4 is 11.8 Å². The van der Waals surface area contributed by atoms with E-state index in [1.54, 1.807) is 9.80 Å². The lowest BCUT2D eigenvalue weighted by molar-refractivity contribution is -0.138. The summed E-state index contributed by atoms with van der Waals surface area (Å²) in [4.78, 5) is 28.0. The van der Waals surface area contributed by atoms with Crippen LogP contribution in [0.4, 0.5) is 17.6 Å². The average molecular weight is 452 g/mol. The molecule has 0 saturated carbocycles. The first-order valence-electron chi connectivity index (χ1n) is 10.6. The second-order valence-electron chi connectivity index (χ2n) is 8.37. The number of carbonyl (C=O) groups is 2. The van der Waals surface area contributed by atoms with Crippen molar-refractivity contribution in [2.75, 3.05) is 19.6 Å². The fraction of sp³-hybridized carbons (Fsp3) is 0.500. The maximum absolute atomic E-state index is 13.8. The summed E-state index contributed by atoms with van der Waals surface area (Å²) in [6, 6.07) is 2.58. The number of benzene rings is 1. The largest absolute Gasteiger partial charge is 0.416 e. The number of nitrogens with one attached hydrogen (secondary N) is 1. The van der Waals surface area contributed by atoms with Gasteiger partial charge in [0.15, 0.2) is 5.69 Å². The first-order chi connectivity index (χ1) is 15.1. The normalized spacial score (nSPS) is 19.5. The maximum atomic E-state index is 13.8. The number of H-pyrrole nitrogens is 1. The summed E-state index contributed by atoms with van der Waals surface area (Å²) in [6.45, 7) is 3.02. The fourth-order valence-corrected chi connectivity index (χ4v) is 4.65. The molecule has 1 N–H and O–H groups in total. The molecule has 0 bridgehead atoms. The Hall–Kier alpha value is -2.91. The van der Waals surface area contributed by atoms with Crippen molar-refractivity contribution in [3.63, 3.8) is 0 Å². The molecule has 172 valence electrons. The van der Waals surface area contributed by atoms with Crippen LogP contribution >= 0.6 is 0 Å². The van der Waals surface area contributed by atoms with Crippen LogP contribution in [0, 0.1) is 5.82 Å². The highest BCUT2D eigenvalue weighted by molar-refractivity contribution is 5.94. The van der Waals surface area contributed by atoms with Crippen LogP contribution in [-0.4, -0.2) is 51.4 Å². The second kappa shape index (κ2) is 8.55. The monoisotopic (exact) mass is 452 g/mol. The molecule has 6 nitrogen and oxygen atoms in total. The van der Waals surface area contributed by atoms with Crippen LogP contribution in [0.1, 0.15) is 65.0 Å². The third kappa shape index (κ3) is 4.35. The second-order valence-corrected chi connectivity index (χ2v) is 8.37. The van der Waals surface area contributed by atoms with E-state index in [-0.39, 0.29) is 23.9 Å². The van der Waals surface area contributed by atoms with E-state index in [1.165, 1.54) is 6.92 Å². The molecule has 32 heavy (non-hydrogen) atoms. The number of aromatic nitrogens is 2. The zero-order chi connectivity index (χ0) is 23.0. The van der Waals surface area contributed by atoms with Gasteiger partial charge in [0.2, 0.25) is 5.91 Å². The molecule has 2 aromatic rings. The highest BCUT2D eigenvalue weighted by atomic mass is 19.4. The van der Waals surface area contributed by atoms with Crippen LogP contribution in [-0.2, 0) is 23.9 Å². The van der Waals surface area contributed by atoms with Crippen molar-refractivity contribution < 1.29 is 27.2 Å². The minimum atomic E-state index is -4.56. The predicted molar refractivity (Wildman–Crippen MR) is 107 cm³/mol. The Morgan fingerprint density at radius 2 is 1.91 bits per heavy atom. The highest BCUT2D eigenvalue weighted by Crippen LogP contribution is 2.39. The van der Waals surface area contributed by atoms with Crippen molar-refractivity contribution in [2.24, 2.45) is 0 Å². The summed E-state index contributed by atoms with van der Waals surface area (Å²) < 4.78 is 54.1. The molecule has 3 heterocycles. The van der Waals surface area contributed by atoms with E-state index in [4.69, 9.17) is 0 Å². The molecule has 0 spiro atoms. The Kier molecular flexibility index (Phi) is 5.96. The molecule has 0 radical (unpaired) electrons. The van der Waals surface area contributed by atoms with Gasteiger partial charge in [-0.25, -0.2) is 4.39 Å². The van der Waals surface area contributed by atoms with Crippen LogP contribution in [0.2, 0.25) is 0 Å². The van der Waals surface area contributed by atoms with Gasteiger partial charge in [-0.3, -0.25) is 14.7 Å². The molecule has 0 aliphatic carbocycles. The molecule has 10 heteroatoms. The van der Waals surface area contributed by atoms with Crippen molar-refractivity contribution in [3.05, 3.63) is 52.1 Å². The van der Waals surface area contributed by atoms with Gasteiger partial charge in [0.25, 0.3) is 5.91 Å². The molecule has 1 saturated heterocycles. The molecule has 1 aromatic heterocycles. The minimum Gasteiger partial charge on any atom is -0.337 e. The number of rotatable bonds is 2. The average Bonchev–Trinajstić information content (AvgIpc) is 3.00. The van der Waals surface area contributed by atoms with E-state index in [0.717, 1.165) is 29.5 Å². The van der Waals surface area contributed by atoms with Crippen molar-refractivity contribution in [1.29, 1.82) is 0 Å². The summed E-state index contributed by atoms with van der Waals surface area (Å²) in [7, 11) is 0. The number of aromatic amines is 1. The maximum Gasteiger partial charge on any atom is 0.416 e. The van der Waals surface area contributed by atoms with Crippen LogP contribution in [0.3, 0.4) is 0 Å². The lowest BCUT2D eigenvalue weighted by atomic mass is 9.88. The summed E-state index contributed by atoms with van der Waals surface area (Å²) in [6.07, 6.45) is -2.80. The topological polar surface area (TPSA) is 69.3 Å².